The fourth-order valence-corrected chi connectivity index (χ4v) is 0.745. The van der Waals surface area contributed by atoms with Gasteiger partial charge in [-0.2, -0.15) is 19.3 Å². The molecule has 0 aliphatic carbocycles. The monoisotopic (exact) mass is 261 g/mol. The first-order chi connectivity index (χ1) is 8.43. The van der Waals surface area contributed by atoms with Gasteiger partial charge in [-0.1, -0.05) is 0 Å². The van der Waals surface area contributed by atoms with Gasteiger partial charge in [-0.05, 0) is 0 Å². The van der Waals surface area contributed by atoms with Crippen molar-refractivity contribution in [3.05, 3.63) is 11.9 Å². The van der Waals surface area contributed by atoms with Crippen LogP contribution in [0.5, 0.6) is 0 Å². The summed E-state index contributed by atoms with van der Waals surface area (Å²) < 4.78 is 39.4. The number of carbonyl (C=O) groups excluding carboxylic acids is 2. The molecule has 0 aliphatic rings. The number of rotatable bonds is 4. The van der Waals surface area contributed by atoms with Crippen LogP contribution in [0.15, 0.2) is 11.9 Å². The fraction of sp³-hybridized carbons (Fsp3) is 0.333. The zero-order valence-corrected chi connectivity index (χ0v) is 8.82. The summed E-state index contributed by atoms with van der Waals surface area (Å²) in [5, 5.41) is 16.6. The molecule has 6 nitrogen and oxygen atoms in total. The van der Waals surface area contributed by atoms with Crippen molar-refractivity contribution in [3.8, 4) is 12.1 Å². The van der Waals surface area contributed by atoms with E-state index in [2.05, 4.69) is 4.74 Å². The molecule has 0 aliphatic heterocycles. The molecule has 0 saturated heterocycles. The molecule has 1 amide bonds. The third-order valence-corrected chi connectivity index (χ3v) is 1.52. The lowest BCUT2D eigenvalue weighted by Crippen LogP contribution is -2.38. The van der Waals surface area contributed by atoms with Crippen LogP contribution < -0.4 is 0 Å². The van der Waals surface area contributed by atoms with Gasteiger partial charge in [-0.25, -0.2) is 9.18 Å². The van der Waals surface area contributed by atoms with Crippen molar-refractivity contribution in [1.29, 1.82) is 10.5 Å². The Morgan fingerprint density at radius 1 is 1.11 bits per heavy atom. The zero-order chi connectivity index (χ0) is 14.1. The number of hydrogen-bond donors (Lipinski definition) is 0. The molecule has 0 atom stereocenters. The molecule has 9 heteroatoms. The van der Waals surface area contributed by atoms with Crippen LogP contribution in [0.1, 0.15) is 0 Å². The molecule has 0 unspecified atom stereocenters. The van der Waals surface area contributed by atoms with Crippen LogP contribution in [-0.2, 0) is 14.3 Å². The average molecular weight is 261 g/mol. The van der Waals surface area contributed by atoms with Crippen LogP contribution in [0.4, 0.5) is 13.2 Å². The predicted molar refractivity (Wildman–Crippen MR) is 49.1 cm³/mol. The Kier molecular flexibility index (Phi) is 6.59. The van der Waals surface area contributed by atoms with E-state index in [1.165, 1.54) is 12.1 Å². The third kappa shape index (κ3) is 4.99. The number of carbonyl (C=O) groups is 2. The van der Waals surface area contributed by atoms with Crippen molar-refractivity contribution in [2.24, 2.45) is 0 Å². The largest absolute Gasteiger partial charge is 0.451 e. The molecular weight excluding hydrogens is 255 g/mol. The normalized spacial score (nSPS) is 8.72. The topological polar surface area (TPSA) is 94.2 Å². The van der Waals surface area contributed by atoms with E-state index in [4.69, 9.17) is 10.5 Å². The van der Waals surface area contributed by atoms with Gasteiger partial charge in [0.1, 0.15) is 19.7 Å². The lowest BCUT2D eigenvalue weighted by molar-refractivity contribution is -0.159. The maximum Gasteiger partial charge on any atom is 0.397 e. The number of hydrogen-bond acceptors (Lipinski definition) is 5. The van der Waals surface area contributed by atoms with Gasteiger partial charge in [0.05, 0.1) is 12.1 Å². The lowest BCUT2D eigenvalue weighted by atomic mass is 10.4. The van der Waals surface area contributed by atoms with E-state index in [0.29, 0.717) is 4.90 Å². The van der Waals surface area contributed by atoms with Crippen molar-refractivity contribution in [2.75, 3.05) is 19.7 Å². The maximum absolute atomic E-state index is 12.3. The molecule has 0 N–H and O–H groups in total. The molecule has 0 radical (unpaired) electrons. The van der Waals surface area contributed by atoms with Crippen LogP contribution in [0, 0.1) is 22.7 Å². The SMILES string of the molecule is N#CCN(CC#N)C(=O)C(=O)OCC(F)=C(F)F. The second-order valence-electron chi connectivity index (χ2n) is 2.72. The van der Waals surface area contributed by atoms with Crippen molar-refractivity contribution < 1.29 is 27.5 Å². The molecule has 0 fully saturated rings. The van der Waals surface area contributed by atoms with E-state index >= 15 is 0 Å². The standard InChI is InChI=1S/C9H6F3N3O3/c10-6(7(11)12)5-18-9(17)8(16)15(3-1-13)4-2-14/h3-5H2. The van der Waals surface area contributed by atoms with Crippen LogP contribution in [0.25, 0.3) is 0 Å². The van der Waals surface area contributed by atoms with Crippen LogP contribution in [0.3, 0.4) is 0 Å². The summed E-state index contributed by atoms with van der Waals surface area (Å²) in [4.78, 5) is 22.7. The van der Waals surface area contributed by atoms with E-state index in [1.54, 1.807) is 0 Å². The maximum atomic E-state index is 12.3. The summed E-state index contributed by atoms with van der Waals surface area (Å²) in [7, 11) is 0. The molecule has 0 saturated carbocycles. The van der Waals surface area contributed by atoms with Gasteiger partial charge in [-0.15, -0.1) is 0 Å². The number of amides is 1. The Hall–Kier alpha value is -2.55. The van der Waals surface area contributed by atoms with Gasteiger partial charge < -0.3 is 9.64 Å². The van der Waals surface area contributed by atoms with E-state index in [-0.39, 0.29) is 0 Å². The van der Waals surface area contributed by atoms with E-state index in [9.17, 15) is 22.8 Å². The summed E-state index contributed by atoms with van der Waals surface area (Å²) in [5.74, 6) is -5.00. The molecule has 0 aromatic carbocycles. The lowest BCUT2D eigenvalue weighted by Gasteiger charge is -2.13. The van der Waals surface area contributed by atoms with Gasteiger partial charge in [0.15, 0.2) is 0 Å². The molecule has 0 spiro atoms. The van der Waals surface area contributed by atoms with E-state index < -0.39 is 43.5 Å². The minimum atomic E-state index is -2.67. The molecule has 0 heterocycles. The number of nitriles is 2. The first kappa shape index (κ1) is 15.5. The first-order valence-electron chi connectivity index (χ1n) is 4.33. The summed E-state index contributed by atoms with van der Waals surface area (Å²) >= 11 is 0. The molecule has 0 bridgehead atoms. The zero-order valence-electron chi connectivity index (χ0n) is 8.82. The Balaban J connectivity index is 4.51. The van der Waals surface area contributed by atoms with Crippen molar-refractivity contribution in [3.63, 3.8) is 0 Å². The fourth-order valence-electron chi connectivity index (χ4n) is 0.745. The first-order valence-corrected chi connectivity index (χ1v) is 4.33. The van der Waals surface area contributed by atoms with Gasteiger partial charge in [0, 0.05) is 0 Å². The number of esters is 1. The Morgan fingerprint density at radius 3 is 2.00 bits per heavy atom. The van der Waals surface area contributed by atoms with Crippen molar-refractivity contribution in [1.82, 2.24) is 4.90 Å². The molecule has 0 aromatic rings. The smallest absolute Gasteiger partial charge is 0.397 e. The number of ether oxygens (including phenoxy) is 1. The molecule has 0 rings (SSSR count). The van der Waals surface area contributed by atoms with Gasteiger partial charge in [0.2, 0.25) is 5.83 Å². The second kappa shape index (κ2) is 7.68. The van der Waals surface area contributed by atoms with Crippen molar-refractivity contribution >= 4 is 11.9 Å². The average Bonchev–Trinajstić information content (AvgIpc) is 2.34. The Morgan fingerprint density at radius 2 is 1.61 bits per heavy atom. The highest BCUT2D eigenvalue weighted by molar-refractivity contribution is 6.32. The van der Waals surface area contributed by atoms with E-state index in [1.807, 2.05) is 0 Å². The highest BCUT2D eigenvalue weighted by atomic mass is 19.3. The van der Waals surface area contributed by atoms with E-state index in [0.717, 1.165) is 0 Å². The molecular formula is C9H6F3N3O3. The molecule has 96 valence electrons. The van der Waals surface area contributed by atoms with Gasteiger partial charge in [0.25, 0.3) is 0 Å². The van der Waals surface area contributed by atoms with Gasteiger partial charge in [-0.3, -0.25) is 4.79 Å². The quantitative estimate of drug-likeness (QED) is 0.417. The third-order valence-electron chi connectivity index (χ3n) is 1.52. The van der Waals surface area contributed by atoms with Crippen LogP contribution in [-0.4, -0.2) is 36.5 Å². The van der Waals surface area contributed by atoms with Crippen LogP contribution in [0.2, 0.25) is 0 Å². The molecule has 0 aromatic heterocycles. The summed E-state index contributed by atoms with van der Waals surface area (Å²) in [6, 6.07) is 3.03. The predicted octanol–water partition coefficient (Wildman–Crippen LogP) is 0.483. The highest BCUT2D eigenvalue weighted by Crippen LogP contribution is 2.09. The Bertz CT molecular complexity index is 430. The minimum Gasteiger partial charge on any atom is -0.451 e. The van der Waals surface area contributed by atoms with Gasteiger partial charge >= 0.3 is 18.0 Å². The second-order valence-corrected chi connectivity index (χ2v) is 2.72. The van der Waals surface area contributed by atoms with Crippen molar-refractivity contribution in [2.45, 2.75) is 0 Å². The summed E-state index contributed by atoms with van der Waals surface area (Å²) in [6.07, 6.45) is -2.67. The Labute approximate surface area is 99.4 Å². The summed E-state index contributed by atoms with van der Waals surface area (Å²) in [5.41, 5.74) is 0. The number of halogens is 3. The molecule has 18 heavy (non-hydrogen) atoms. The number of nitrogens with zero attached hydrogens (tertiary/aromatic N) is 3. The highest BCUT2D eigenvalue weighted by Gasteiger charge is 2.23. The summed E-state index contributed by atoms with van der Waals surface area (Å²) in [6.45, 7) is -2.51. The minimum absolute atomic E-state index is 0.524. The van der Waals surface area contributed by atoms with Crippen LogP contribution >= 0.6 is 0 Å².